The van der Waals surface area contributed by atoms with Gasteiger partial charge in [0.15, 0.2) is 0 Å². The molecule has 0 bridgehead atoms. The van der Waals surface area contributed by atoms with Gasteiger partial charge in [0.1, 0.15) is 5.52 Å². The summed E-state index contributed by atoms with van der Waals surface area (Å²) in [6, 6.07) is 49.4. The van der Waals surface area contributed by atoms with E-state index in [0.717, 1.165) is 60.5 Å². The first kappa shape index (κ1) is 25.8. The average Bonchev–Trinajstić information content (AvgIpc) is 3.66. The summed E-state index contributed by atoms with van der Waals surface area (Å²) in [7, 11) is 0. The summed E-state index contributed by atoms with van der Waals surface area (Å²) >= 11 is 0. The van der Waals surface area contributed by atoms with Crippen molar-refractivity contribution in [1.82, 2.24) is 23.7 Å². The number of hydrogen-bond donors (Lipinski definition) is 0. The van der Waals surface area contributed by atoms with Crippen LogP contribution < -0.4 is 5.56 Å². The van der Waals surface area contributed by atoms with Gasteiger partial charge in [-0.25, -0.2) is 9.97 Å². The van der Waals surface area contributed by atoms with Gasteiger partial charge < -0.3 is 4.57 Å². The highest BCUT2D eigenvalue weighted by Crippen LogP contribution is 2.41. The molecule has 0 spiro atoms. The van der Waals surface area contributed by atoms with E-state index in [0.29, 0.717) is 16.9 Å². The number of rotatable bonds is 3. The molecule has 0 aliphatic heterocycles. The molecule has 47 heavy (non-hydrogen) atoms. The lowest BCUT2D eigenvalue weighted by Crippen LogP contribution is -2.20. The molecule has 0 fully saturated rings. The molecule has 0 unspecified atom stereocenters. The lowest BCUT2D eigenvalue weighted by atomic mass is 10.1. The number of benzene rings is 6. The summed E-state index contributed by atoms with van der Waals surface area (Å²) in [5.74, 6) is 0.546. The van der Waals surface area contributed by atoms with Crippen LogP contribution in [0.15, 0.2) is 157 Å². The fourth-order valence-corrected chi connectivity index (χ4v) is 7.33. The van der Waals surface area contributed by atoms with Gasteiger partial charge in [-0.3, -0.25) is 13.9 Å². The van der Waals surface area contributed by atoms with Crippen LogP contribution in [0.2, 0.25) is 0 Å². The van der Waals surface area contributed by atoms with E-state index in [4.69, 9.17) is 9.97 Å². The first-order chi connectivity index (χ1) is 23.3. The predicted octanol–water partition coefficient (Wildman–Crippen LogP) is 9.13. The van der Waals surface area contributed by atoms with Crippen LogP contribution in [-0.4, -0.2) is 23.7 Å². The second-order valence-corrected chi connectivity index (χ2v) is 11.8. The minimum Gasteiger partial charge on any atom is -0.307 e. The average molecular weight is 604 g/mol. The summed E-state index contributed by atoms with van der Waals surface area (Å²) in [6.07, 6.45) is 1.80. The molecule has 220 valence electrons. The fraction of sp³-hybridized carbons (Fsp3) is 0. The fourth-order valence-electron chi connectivity index (χ4n) is 7.33. The van der Waals surface area contributed by atoms with Crippen molar-refractivity contribution in [2.24, 2.45) is 0 Å². The number of nitrogens with zero attached hydrogens (tertiary/aromatic N) is 5. The van der Waals surface area contributed by atoms with Gasteiger partial charge in [-0.05, 0) is 42.5 Å². The van der Waals surface area contributed by atoms with Crippen LogP contribution in [0.25, 0.3) is 82.7 Å². The lowest BCUT2D eigenvalue weighted by molar-refractivity contribution is 0.986. The zero-order chi connectivity index (χ0) is 31.1. The molecule has 0 radical (unpaired) electrons. The van der Waals surface area contributed by atoms with Crippen molar-refractivity contribution in [2.45, 2.75) is 0 Å². The second-order valence-electron chi connectivity index (χ2n) is 11.8. The summed E-state index contributed by atoms with van der Waals surface area (Å²) in [4.78, 5) is 24.3. The van der Waals surface area contributed by atoms with Crippen molar-refractivity contribution in [3.63, 3.8) is 0 Å². The van der Waals surface area contributed by atoms with E-state index in [1.54, 1.807) is 10.8 Å². The highest BCUT2D eigenvalue weighted by Gasteiger charge is 2.23. The molecule has 0 N–H and O–H groups in total. The summed E-state index contributed by atoms with van der Waals surface area (Å²) in [5.41, 5.74) is 7.41. The van der Waals surface area contributed by atoms with Crippen molar-refractivity contribution in [3.05, 3.63) is 162 Å². The van der Waals surface area contributed by atoms with Crippen LogP contribution in [0, 0.1) is 0 Å². The van der Waals surface area contributed by atoms with E-state index < -0.39 is 0 Å². The predicted molar refractivity (Wildman–Crippen MR) is 191 cm³/mol. The minimum absolute atomic E-state index is 0.0957. The molecule has 6 heteroatoms. The van der Waals surface area contributed by atoms with E-state index in [9.17, 15) is 4.79 Å². The first-order valence-corrected chi connectivity index (χ1v) is 15.6. The molecule has 6 nitrogen and oxygen atoms in total. The Labute approximate surface area is 268 Å². The normalized spacial score (nSPS) is 11.9. The van der Waals surface area contributed by atoms with Gasteiger partial charge in [-0.2, -0.15) is 0 Å². The van der Waals surface area contributed by atoms with Crippen molar-refractivity contribution < 1.29 is 0 Å². The Bertz CT molecular complexity index is 2920. The van der Waals surface area contributed by atoms with Crippen LogP contribution in [0.5, 0.6) is 0 Å². The number of aromatic nitrogens is 5. The van der Waals surface area contributed by atoms with E-state index in [1.807, 2.05) is 60.7 Å². The van der Waals surface area contributed by atoms with Crippen LogP contribution in [0.4, 0.5) is 0 Å². The maximum atomic E-state index is 13.9. The van der Waals surface area contributed by atoms with Crippen LogP contribution in [-0.2, 0) is 0 Å². The van der Waals surface area contributed by atoms with Gasteiger partial charge >= 0.3 is 0 Å². The van der Waals surface area contributed by atoms with Gasteiger partial charge in [0.05, 0.1) is 33.8 Å². The quantitative estimate of drug-likeness (QED) is 0.189. The van der Waals surface area contributed by atoms with E-state index in [1.165, 1.54) is 5.39 Å². The van der Waals surface area contributed by atoms with Crippen molar-refractivity contribution >= 4 is 65.4 Å². The SMILES string of the molecule is O=c1c2ccccc2c2nc(-n3c4ccccc4c4ccc5c6ccccc6n(-c6ccccc6)c5c43)ncc2n1-c1ccccc1. The molecule has 10 aromatic rings. The standard InChI is InChI=1S/C41H25N5O/c47-40-33-20-8-7-19-30(33)37-36(45(40)27-15-5-2-6-16-27)25-42-41(43-37)46-35-22-12-10-18-29(35)32-24-23-31-28-17-9-11-21-34(28)44(38(31)39(32)46)26-13-3-1-4-14-26/h1-25H. The van der Waals surface area contributed by atoms with Gasteiger partial charge in [0.25, 0.3) is 5.56 Å². The Balaban J connectivity index is 1.40. The third kappa shape index (κ3) is 3.58. The Morgan fingerprint density at radius 3 is 1.53 bits per heavy atom. The summed E-state index contributed by atoms with van der Waals surface area (Å²) in [6.45, 7) is 0. The van der Waals surface area contributed by atoms with Crippen LogP contribution >= 0.6 is 0 Å². The van der Waals surface area contributed by atoms with Gasteiger partial charge in [0, 0.05) is 43.7 Å². The topological polar surface area (TPSA) is 57.6 Å². The molecular formula is C41H25N5O. The monoisotopic (exact) mass is 603 g/mol. The van der Waals surface area contributed by atoms with Crippen molar-refractivity contribution in [1.29, 1.82) is 0 Å². The molecule has 0 aliphatic carbocycles. The number of para-hydroxylation sites is 4. The maximum Gasteiger partial charge on any atom is 0.263 e. The lowest BCUT2D eigenvalue weighted by Gasteiger charge is -2.15. The van der Waals surface area contributed by atoms with Crippen molar-refractivity contribution in [2.75, 3.05) is 0 Å². The van der Waals surface area contributed by atoms with Crippen LogP contribution in [0.1, 0.15) is 0 Å². The number of hydrogen-bond acceptors (Lipinski definition) is 3. The summed E-state index contributed by atoms with van der Waals surface area (Å²) in [5, 5.41) is 6.00. The van der Waals surface area contributed by atoms with E-state index in [-0.39, 0.29) is 5.56 Å². The minimum atomic E-state index is -0.0957. The highest BCUT2D eigenvalue weighted by molar-refractivity contribution is 6.23. The molecule has 0 atom stereocenters. The zero-order valence-corrected chi connectivity index (χ0v) is 25.1. The third-order valence-corrected chi connectivity index (χ3v) is 9.31. The Morgan fingerprint density at radius 2 is 0.894 bits per heavy atom. The van der Waals surface area contributed by atoms with Crippen LogP contribution in [0.3, 0.4) is 0 Å². The first-order valence-electron chi connectivity index (χ1n) is 15.6. The molecule has 0 saturated carbocycles. The molecular weight excluding hydrogens is 578 g/mol. The zero-order valence-electron chi connectivity index (χ0n) is 25.1. The summed E-state index contributed by atoms with van der Waals surface area (Å²) < 4.78 is 6.27. The van der Waals surface area contributed by atoms with Crippen molar-refractivity contribution in [3.8, 4) is 17.3 Å². The Hall–Kier alpha value is -6.53. The second kappa shape index (κ2) is 9.73. The third-order valence-electron chi connectivity index (χ3n) is 9.31. The molecule has 10 rings (SSSR count). The highest BCUT2D eigenvalue weighted by atomic mass is 16.1. The van der Waals surface area contributed by atoms with E-state index >= 15 is 0 Å². The molecule has 4 heterocycles. The van der Waals surface area contributed by atoms with Gasteiger partial charge in [0.2, 0.25) is 5.95 Å². The van der Waals surface area contributed by atoms with E-state index in [2.05, 4.69) is 94.1 Å². The molecule has 4 aromatic heterocycles. The Kier molecular flexibility index (Phi) is 5.33. The molecule has 6 aromatic carbocycles. The molecule has 0 aliphatic rings. The van der Waals surface area contributed by atoms with Gasteiger partial charge in [-0.15, -0.1) is 0 Å². The number of pyridine rings is 1. The Morgan fingerprint density at radius 1 is 0.404 bits per heavy atom. The smallest absolute Gasteiger partial charge is 0.263 e. The molecule has 0 amide bonds. The number of fused-ring (bicyclic) bond motifs is 10. The maximum absolute atomic E-state index is 13.9. The molecule has 0 saturated heterocycles. The largest absolute Gasteiger partial charge is 0.307 e. The van der Waals surface area contributed by atoms with Gasteiger partial charge in [-0.1, -0.05) is 103 Å².